The number of amides is 1. The number of rotatable bonds is 8. The smallest absolute Gasteiger partial charge is 0.234 e. The van der Waals surface area contributed by atoms with Gasteiger partial charge in [-0.25, -0.2) is 4.99 Å². The van der Waals surface area contributed by atoms with E-state index in [2.05, 4.69) is 40.8 Å². The van der Waals surface area contributed by atoms with Crippen LogP contribution in [0.2, 0.25) is 0 Å². The molecular formula is C24H39N5O2. The summed E-state index contributed by atoms with van der Waals surface area (Å²) in [7, 11) is 0. The van der Waals surface area contributed by atoms with Crippen molar-refractivity contribution in [2.75, 3.05) is 32.7 Å². The van der Waals surface area contributed by atoms with Gasteiger partial charge in [0.2, 0.25) is 5.91 Å². The van der Waals surface area contributed by atoms with Crippen molar-refractivity contribution < 1.29 is 9.90 Å². The first-order valence-corrected chi connectivity index (χ1v) is 12.0. The molecular weight excluding hydrogens is 390 g/mol. The van der Waals surface area contributed by atoms with Crippen LogP contribution in [0.1, 0.15) is 62.6 Å². The van der Waals surface area contributed by atoms with Gasteiger partial charge in [-0.05, 0) is 69.1 Å². The maximum Gasteiger partial charge on any atom is 0.234 e. The quantitative estimate of drug-likeness (QED) is 0.376. The molecule has 1 aromatic carbocycles. The number of hydrogen-bond donors (Lipinski definition) is 4. The molecule has 1 aromatic rings. The van der Waals surface area contributed by atoms with Crippen LogP contribution in [-0.2, 0) is 24.2 Å². The Bertz CT molecular complexity index is 757. The Balaban J connectivity index is 1.55. The SMILES string of the molecule is CCCNC(=O)CN1CCC(NC(=NCc2c(O)ccc3c2CCCC3)NCC)CC1. The van der Waals surface area contributed by atoms with E-state index in [0.29, 0.717) is 24.9 Å². The van der Waals surface area contributed by atoms with Crippen LogP contribution >= 0.6 is 0 Å². The van der Waals surface area contributed by atoms with Gasteiger partial charge in [-0.3, -0.25) is 9.69 Å². The zero-order chi connectivity index (χ0) is 22.1. The summed E-state index contributed by atoms with van der Waals surface area (Å²) in [6.45, 7) is 8.46. The van der Waals surface area contributed by atoms with E-state index in [1.54, 1.807) is 0 Å². The number of carbonyl (C=O) groups is 1. The van der Waals surface area contributed by atoms with Gasteiger partial charge in [-0.2, -0.15) is 0 Å². The molecule has 0 radical (unpaired) electrons. The van der Waals surface area contributed by atoms with Crippen LogP contribution in [0.25, 0.3) is 0 Å². The van der Waals surface area contributed by atoms with Crippen molar-refractivity contribution in [3.05, 3.63) is 28.8 Å². The Morgan fingerprint density at radius 1 is 1.16 bits per heavy atom. The molecule has 172 valence electrons. The van der Waals surface area contributed by atoms with Gasteiger partial charge >= 0.3 is 0 Å². The number of fused-ring (bicyclic) bond motifs is 1. The number of likely N-dealkylation sites (tertiary alicyclic amines) is 1. The third-order valence-electron chi connectivity index (χ3n) is 6.23. The highest BCUT2D eigenvalue weighted by Crippen LogP contribution is 2.31. The lowest BCUT2D eigenvalue weighted by Gasteiger charge is -2.32. The standard InChI is InChI=1S/C24H39N5O2/c1-3-13-26-23(31)17-29-14-11-19(12-15-29)28-24(25-4-2)27-16-21-20-8-6-5-7-18(20)9-10-22(21)30/h9-10,19,30H,3-8,11-17H2,1-2H3,(H,26,31)(H2,25,27,28). The van der Waals surface area contributed by atoms with E-state index in [1.807, 2.05) is 6.07 Å². The molecule has 0 saturated carbocycles. The molecule has 2 aliphatic rings. The van der Waals surface area contributed by atoms with E-state index in [1.165, 1.54) is 24.0 Å². The molecule has 0 spiro atoms. The van der Waals surface area contributed by atoms with E-state index in [0.717, 1.165) is 69.8 Å². The first-order chi connectivity index (χ1) is 15.1. The number of phenols is 1. The normalized spacial score (nSPS) is 17.8. The van der Waals surface area contributed by atoms with Gasteiger partial charge in [-0.1, -0.05) is 13.0 Å². The molecule has 1 amide bonds. The van der Waals surface area contributed by atoms with Crippen LogP contribution in [0.3, 0.4) is 0 Å². The average molecular weight is 430 g/mol. The highest BCUT2D eigenvalue weighted by atomic mass is 16.3. The number of nitrogens with zero attached hydrogens (tertiary/aromatic N) is 2. The van der Waals surface area contributed by atoms with Crippen LogP contribution in [-0.4, -0.2) is 60.6 Å². The Morgan fingerprint density at radius 2 is 1.94 bits per heavy atom. The summed E-state index contributed by atoms with van der Waals surface area (Å²) in [5, 5.41) is 20.3. The fraction of sp³-hybridized carbons (Fsp3) is 0.667. The summed E-state index contributed by atoms with van der Waals surface area (Å²) in [5.74, 6) is 1.28. The number of piperidine rings is 1. The van der Waals surface area contributed by atoms with E-state index in [4.69, 9.17) is 4.99 Å². The van der Waals surface area contributed by atoms with E-state index in [9.17, 15) is 9.90 Å². The van der Waals surface area contributed by atoms with Crippen LogP contribution < -0.4 is 16.0 Å². The monoisotopic (exact) mass is 429 g/mol. The van der Waals surface area contributed by atoms with Crippen molar-refractivity contribution in [3.63, 3.8) is 0 Å². The van der Waals surface area contributed by atoms with Gasteiger partial charge < -0.3 is 21.1 Å². The lowest BCUT2D eigenvalue weighted by atomic mass is 9.88. The maximum absolute atomic E-state index is 11.9. The zero-order valence-corrected chi connectivity index (χ0v) is 19.2. The molecule has 4 N–H and O–H groups in total. The molecule has 0 unspecified atom stereocenters. The molecule has 1 saturated heterocycles. The predicted molar refractivity (Wildman–Crippen MR) is 125 cm³/mol. The average Bonchev–Trinajstić information content (AvgIpc) is 2.78. The third kappa shape index (κ3) is 6.86. The molecule has 31 heavy (non-hydrogen) atoms. The van der Waals surface area contributed by atoms with Crippen molar-refractivity contribution in [1.82, 2.24) is 20.9 Å². The molecule has 1 fully saturated rings. The second-order valence-corrected chi connectivity index (χ2v) is 8.65. The summed E-state index contributed by atoms with van der Waals surface area (Å²) in [4.78, 5) is 19.0. The minimum Gasteiger partial charge on any atom is -0.508 e. The van der Waals surface area contributed by atoms with Gasteiger partial charge in [0.1, 0.15) is 5.75 Å². The molecule has 0 aromatic heterocycles. The topological polar surface area (TPSA) is 89.0 Å². The largest absolute Gasteiger partial charge is 0.508 e. The van der Waals surface area contributed by atoms with E-state index >= 15 is 0 Å². The number of aryl methyl sites for hydroxylation is 1. The second kappa shape index (κ2) is 11.9. The van der Waals surface area contributed by atoms with Gasteiger partial charge in [0, 0.05) is 37.8 Å². The lowest BCUT2D eigenvalue weighted by molar-refractivity contribution is -0.122. The predicted octanol–water partition coefficient (Wildman–Crippen LogP) is 2.32. The molecule has 7 heteroatoms. The highest BCUT2D eigenvalue weighted by molar-refractivity contribution is 5.80. The summed E-state index contributed by atoms with van der Waals surface area (Å²) in [6, 6.07) is 4.23. The highest BCUT2D eigenvalue weighted by Gasteiger charge is 2.22. The Labute approximate surface area is 186 Å². The van der Waals surface area contributed by atoms with Crippen LogP contribution in [0.4, 0.5) is 0 Å². The second-order valence-electron chi connectivity index (χ2n) is 8.65. The maximum atomic E-state index is 11.9. The molecule has 7 nitrogen and oxygen atoms in total. The number of hydrogen-bond acceptors (Lipinski definition) is 4. The first-order valence-electron chi connectivity index (χ1n) is 12.0. The minimum atomic E-state index is 0.120. The number of guanidine groups is 1. The number of carbonyl (C=O) groups excluding carboxylic acids is 1. The first kappa shape index (κ1) is 23.4. The summed E-state index contributed by atoms with van der Waals surface area (Å²) < 4.78 is 0. The van der Waals surface area contributed by atoms with Crippen molar-refractivity contribution >= 4 is 11.9 Å². The molecule has 3 rings (SSSR count). The zero-order valence-electron chi connectivity index (χ0n) is 19.2. The summed E-state index contributed by atoms with van der Waals surface area (Å²) >= 11 is 0. The number of benzene rings is 1. The Hall–Kier alpha value is -2.28. The molecule has 1 aliphatic carbocycles. The number of aromatic hydroxyl groups is 1. The van der Waals surface area contributed by atoms with Gasteiger partial charge in [0.15, 0.2) is 5.96 Å². The van der Waals surface area contributed by atoms with Crippen molar-refractivity contribution in [1.29, 1.82) is 0 Å². The Morgan fingerprint density at radius 3 is 2.68 bits per heavy atom. The fourth-order valence-corrected chi connectivity index (χ4v) is 4.50. The van der Waals surface area contributed by atoms with Crippen LogP contribution in [0.5, 0.6) is 5.75 Å². The van der Waals surface area contributed by atoms with Crippen LogP contribution in [0, 0.1) is 0 Å². The summed E-state index contributed by atoms with van der Waals surface area (Å²) in [6.07, 6.45) is 7.47. The van der Waals surface area contributed by atoms with Crippen molar-refractivity contribution in [3.8, 4) is 5.75 Å². The Kier molecular flexibility index (Phi) is 9.00. The van der Waals surface area contributed by atoms with Crippen molar-refractivity contribution in [2.24, 2.45) is 4.99 Å². The van der Waals surface area contributed by atoms with Gasteiger partial charge in [0.05, 0.1) is 13.1 Å². The van der Waals surface area contributed by atoms with Gasteiger partial charge in [-0.15, -0.1) is 0 Å². The third-order valence-corrected chi connectivity index (χ3v) is 6.23. The molecule has 1 aliphatic heterocycles. The number of phenolic OH excluding ortho intramolecular Hbond substituents is 1. The number of nitrogens with one attached hydrogen (secondary N) is 3. The molecule has 0 bridgehead atoms. The molecule has 0 atom stereocenters. The lowest BCUT2D eigenvalue weighted by Crippen LogP contribution is -2.50. The number of aliphatic imine (C=N–C) groups is 1. The fourth-order valence-electron chi connectivity index (χ4n) is 4.50. The molecule has 1 heterocycles. The summed E-state index contributed by atoms with van der Waals surface area (Å²) in [5.41, 5.74) is 3.63. The van der Waals surface area contributed by atoms with Crippen LogP contribution in [0.15, 0.2) is 17.1 Å². The van der Waals surface area contributed by atoms with E-state index < -0.39 is 0 Å². The van der Waals surface area contributed by atoms with Gasteiger partial charge in [0.25, 0.3) is 0 Å². The van der Waals surface area contributed by atoms with Crippen molar-refractivity contribution in [2.45, 2.75) is 71.4 Å². The minimum absolute atomic E-state index is 0.120. The van der Waals surface area contributed by atoms with E-state index in [-0.39, 0.29) is 5.91 Å².